The van der Waals surface area contributed by atoms with Gasteiger partial charge in [0.25, 0.3) is 0 Å². The maximum Gasteiger partial charge on any atom is 0.0597 e. The van der Waals surface area contributed by atoms with Crippen LogP contribution in [0.3, 0.4) is 0 Å². The Hall–Kier alpha value is -0.0800. The quantitative estimate of drug-likeness (QED) is 0.599. The fraction of sp³-hybridized carbons (Fsp3) is 1.00. The van der Waals surface area contributed by atoms with Gasteiger partial charge in [0.1, 0.15) is 0 Å². The zero-order valence-electron chi connectivity index (χ0n) is 9.15. The van der Waals surface area contributed by atoms with Crippen LogP contribution in [0.5, 0.6) is 0 Å². The summed E-state index contributed by atoms with van der Waals surface area (Å²) in [6.07, 6.45) is 1.66. The summed E-state index contributed by atoms with van der Waals surface area (Å²) in [7, 11) is 0. The van der Waals surface area contributed by atoms with Gasteiger partial charge in [-0.1, -0.05) is 20.8 Å². The third-order valence-electron chi connectivity index (χ3n) is 1.79. The van der Waals surface area contributed by atoms with E-state index in [1.165, 1.54) is 6.42 Å². The van der Waals surface area contributed by atoms with E-state index >= 15 is 0 Å². The summed E-state index contributed by atoms with van der Waals surface area (Å²) < 4.78 is 0. The molecule has 0 aromatic heterocycles. The topological polar surface area (TPSA) is 24.1 Å². The molecule has 12 heavy (non-hydrogen) atoms. The van der Waals surface area contributed by atoms with Gasteiger partial charge in [-0.25, -0.2) is 0 Å². The first kappa shape index (κ1) is 11.9. The molecule has 0 radical (unpaired) electrons. The second kappa shape index (κ2) is 6.44. The third-order valence-corrected chi connectivity index (χ3v) is 1.79. The van der Waals surface area contributed by atoms with E-state index in [-0.39, 0.29) is 0 Å². The molecule has 0 aliphatic rings. The van der Waals surface area contributed by atoms with Crippen LogP contribution in [0.4, 0.5) is 0 Å². The van der Waals surface area contributed by atoms with Crippen LogP contribution in [0.1, 0.15) is 41.0 Å². The molecule has 0 spiro atoms. The van der Waals surface area contributed by atoms with Crippen LogP contribution in [-0.4, -0.2) is 18.8 Å². The SMILES string of the molecule is CCCNC(NC(C)C)C(C)C. The molecule has 0 aromatic rings. The largest absolute Gasteiger partial charge is 0.302 e. The monoisotopic (exact) mass is 172 g/mol. The molecule has 0 aliphatic heterocycles. The zero-order chi connectivity index (χ0) is 9.56. The van der Waals surface area contributed by atoms with Crippen molar-refractivity contribution < 1.29 is 0 Å². The Morgan fingerprint density at radius 1 is 1.08 bits per heavy atom. The van der Waals surface area contributed by atoms with Gasteiger partial charge in [-0.15, -0.1) is 0 Å². The van der Waals surface area contributed by atoms with E-state index in [4.69, 9.17) is 0 Å². The predicted molar refractivity (Wildman–Crippen MR) is 55.2 cm³/mol. The van der Waals surface area contributed by atoms with Crippen LogP contribution >= 0.6 is 0 Å². The molecule has 0 bridgehead atoms. The average Bonchev–Trinajstić information content (AvgIpc) is 1.96. The first-order valence-electron chi connectivity index (χ1n) is 5.07. The zero-order valence-corrected chi connectivity index (χ0v) is 9.15. The van der Waals surface area contributed by atoms with Crippen LogP contribution < -0.4 is 10.6 Å². The van der Waals surface area contributed by atoms with Crippen molar-refractivity contribution in [3.8, 4) is 0 Å². The van der Waals surface area contributed by atoms with Crippen LogP contribution in [0.2, 0.25) is 0 Å². The summed E-state index contributed by atoms with van der Waals surface area (Å²) in [5.41, 5.74) is 0. The highest BCUT2D eigenvalue weighted by Gasteiger charge is 2.11. The van der Waals surface area contributed by atoms with Gasteiger partial charge in [0.15, 0.2) is 0 Å². The molecule has 2 N–H and O–H groups in total. The number of hydrogen-bond donors (Lipinski definition) is 2. The molecule has 0 aromatic carbocycles. The second-order valence-electron chi connectivity index (χ2n) is 4.00. The van der Waals surface area contributed by atoms with Gasteiger partial charge in [0, 0.05) is 6.04 Å². The van der Waals surface area contributed by atoms with Gasteiger partial charge < -0.3 is 5.32 Å². The molecular weight excluding hydrogens is 148 g/mol. The minimum Gasteiger partial charge on any atom is -0.302 e. The van der Waals surface area contributed by atoms with E-state index in [0.717, 1.165) is 6.54 Å². The fourth-order valence-corrected chi connectivity index (χ4v) is 1.15. The molecule has 2 heteroatoms. The molecular formula is C10H24N2. The Labute approximate surface area is 77.1 Å². The molecule has 0 amide bonds. The Bertz CT molecular complexity index is 100. The molecule has 74 valence electrons. The van der Waals surface area contributed by atoms with E-state index in [2.05, 4.69) is 45.3 Å². The average molecular weight is 172 g/mol. The molecule has 0 saturated carbocycles. The number of rotatable bonds is 6. The molecule has 0 saturated heterocycles. The summed E-state index contributed by atoms with van der Waals surface area (Å²) in [5.74, 6) is 0.652. The van der Waals surface area contributed by atoms with Gasteiger partial charge in [0.05, 0.1) is 6.17 Å². The van der Waals surface area contributed by atoms with E-state index in [1.54, 1.807) is 0 Å². The van der Waals surface area contributed by atoms with Crippen molar-refractivity contribution in [1.29, 1.82) is 0 Å². The number of hydrogen-bond acceptors (Lipinski definition) is 2. The lowest BCUT2D eigenvalue weighted by atomic mass is 10.1. The van der Waals surface area contributed by atoms with Gasteiger partial charge in [0.2, 0.25) is 0 Å². The lowest BCUT2D eigenvalue weighted by Gasteiger charge is -2.25. The van der Waals surface area contributed by atoms with Crippen molar-refractivity contribution in [3.05, 3.63) is 0 Å². The highest BCUT2D eigenvalue weighted by atomic mass is 15.1. The Kier molecular flexibility index (Phi) is 6.39. The van der Waals surface area contributed by atoms with Crippen LogP contribution in [-0.2, 0) is 0 Å². The highest BCUT2D eigenvalue weighted by Crippen LogP contribution is 1.99. The van der Waals surface area contributed by atoms with Gasteiger partial charge in [-0.05, 0) is 32.7 Å². The summed E-state index contributed by atoms with van der Waals surface area (Å²) in [4.78, 5) is 0. The maximum absolute atomic E-state index is 3.50. The van der Waals surface area contributed by atoms with Crippen molar-refractivity contribution in [2.75, 3.05) is 6.54 Å². The summed E-state index contributed by atoms with van der Waals surface area (Å²) in [6, 6.07) is 0.557. The Balaban J connectivity index is 3.70. The minimum absolute atomic E-state index is 0.463. The molecule has 1 atom stereocenters. The lowest BCUT2D eigenvalue weighted by molar-refractivity contribution is 0.313. The molecule has 0 rings (SSSR count). The maximum atomic E-state index is 3.50. The molecule has 1 unspecified atom stereocenters. The Morgan fingerprint density at radius 2 is 1.67 bits per heavy atom. The predicted octanol–water partition coefficient (Wildman–Crippen LogP) is 1.97. The summed E-state index contributed by atoms with van der Waals surface area (Å²) >= 11 is 0. The van der Waals surface area contributed by atoms with Crippen molar-refractivity contribution in [3.63, 3.8) is 0 Å². The fourth-order valence-electron chi connectivity index (χ4n) is 1.15. The second-order valence-corrected chi connectivity index (χ2v) is 4.00. The van der Waals surface area contributed by atoms with Crippen molar-refractivity contribution in [2.24, 2.45) is 5.92 Å². The van der Waals surface area contributed by atoms with Crippen molar-refractivity contribution in [2.45, 2.75) is 53.2 Å². The van der Waals surface area contributed by atoms with Gasteiger partial charge in [-0.3, -0.25) is 5.32 Å². The Morgan fingerprint density at radius 3 is 2.00 bits per heavy atom. The van der Waals surface area contributed by atoms with E-state index in [0.29, 0.717) is 18.1 Å². The molecule has 2 nitrogen and oxygen atoms in total. The molecule has 0 fully saturated rings. The molecule has 0 aliphatic carbocycles. The third kappa shape index (κ3) is 5.56. The summed E-state index contributed by atoms with van der Waals surface area (Å²) in [5, 5.41) is 6.99. The summed E-state index contributed by atoms with van der Waals surface area (Å²) in [6.45, 7) is 12.1. The normalized spacial score (nSPS) is 14.2. The van der Waals surface area contributed by atoms with Crippen LogP contribution in [0.25, 0.3) is 0 Å². The van der Waals surface area contributed by atoms with E-state index < -0.39 is 0 Å². The van der Waals surface area contributed by atoms with Crippen molar-refractivity contribution in [1.82, 2.24) is 10.6 Å². The standard InChI is InChI=1S/C10H24N2/c1-6-7-11-10(8(2)3)12-9(4)5/h8-12H,6-7H2,1-5H3. The van der Waals surface area contributed by atoms with Crippen LogP contribution in [0, 0.1) is 5.92 Å². The smallest absolute Gasteiger partial charge is 0.0597 e. The first-order chi connectivity index (χ1) is 5.57. The van der Waals surface area contributed by atoms with E-state index in [1.807, 2.05) is 0 Å². The van der Waals surface area contributed by atoms with E-state index in [9.17, 15) is 0 Å². The van der Waals surface area contributed by atoms with Gasteiger partial charge >= 0.3 is 0 Å². The number of nitrogens with one attached hydrogen (secondary N) is 2. The first-order valence-corrected chi connectivity index (χ1v) is 5.07. The van der Waals surface area contributed by atoms with Crippen molar-refractivity contribution >= 4 is 0 Å². The van der Waals surface area contributed by atoms with Crippen LogP contribution in [0.15, 0.2) is 0 Å². The lowest BCUT2D eigenvalue weighted by Crippen LogP contribution is -2.49. The minimum atomic E-state index is 0.463. The van der Waals surface area contributed by atoms with Gasteiger partial charge in [-0.2, -0.15) is 0 Å². The molecule has 0 heterocycles. The highest BCUT2D eigenvalue weighted by molar-refractivity contribution is 4.69.